The normalized spacial score (nSPS) is 10.8. The van der Waals surface area contributed by atoms with Gasteiger partial charge in [-0.1, -0.05) is 18.2 Å². The second-order valence-corrected chi connectivity index (χ2v) is 8.82. The number of halogens is 3. The number of ketones is 1. The molecule has 34 heavy (non-hydrogen) atoms. The van der Waals surface area contributed by atoms with Crippen molar-refractivity contribution >= 4 is 34.3 Å². The molecule has 2 N–H and O–H groups in total. The number of ether oxygens (including phenoxy) is 1. The van der Waals surface area contributed by atoms with Gasteiger partial charge in [-0.15, -0.1) is 0 Å². The van der Waals surface area contributed by atoms with Crippen molar-refractivity contribution in [3.63, 3.8) is 0 Å². The van der Waals surface area contributed by atoms with Gasteiger partial charge in [0.1, 0.15) is 29.4 Å². The number of carbonyl (C=O) groups excluding carboxylic acids is 2. The maximum absolute atomic E-state index is 14.5. The molecule has 0 aliphatic carbocycles. The molecule has 0 radical (unpaired) electrons. The van der Waals surface area contributed by atoms with E-state index >= 15 is 0 Å². The van der Waals surface area contributed by atoms with Gasteiger partial charge in [-0.25, -0.2) is 8.78 Å². The predicted octanol–water partition coefficient (Wildman–Crippen LogP) is 6.07. The van der Waals surface area contributed by atoms with Crippen LogP contribution in [0.15, 0.2) is 77.6 Å². The Kier molecular flexibility index (Phi) is 7.06. The first-order chi connectivity index (χ1) is 16.3. The van der Waals surface area contributed by atoms with E-state index in [0.717, 1.165) is 12.1 Å². The van der Waals surface area contributed by atoms with Crippen LogP contribution in [-0.2, 0) is 12.8 Å². The van der Waals surface area contributed by atoms with Gasteiger partial charge in [0, 0.05) is 22.5 Å². The number of Topliss-reactive ketones (excluding diaryl/α,β-unsaturated/α-hetero) is 1. The Morgan fingerprint density at radius 2 is 1.82 bits per heavy atom. The third kappa shape index (κ3) is 5.51. The number of furan rings is 1. The van der Waals surface area contributed by atoms with Gasteiger partial charge in [0.2, 0.25) is 0 Å². The van der Waals surface area contributed by atoms with Crippen molar-refractivity contribution in [3.8, 4) is 11.5 Å². The molecule has 0 saturated carbocycles. The van der Waals surface area contributed by atoms with E-state index < -0.39 is 17.5 Å². The molecule has 1 amide bonds. The van der Waals surface area contributed by atoms with Gasteiger partial charge in [-0.2, -0.15) is 0 Å². The van der Waals surface area contributed by atoms with Crippen molar-refractivity contribution in [2.24, 2.45) is 5.73 Å². The summed E-state index contributed by atoms with van der Waals surface area (Å²) < 4.78 is 40.3. The minimum atomic E-state index is -0.831. The van der Waals surface area contributed by atoms with Crippen LogP contribution in [0.3, 0.4) is 0 Å². The van der Waals surface area contributed by atoms with Crippen molar-refractivity contribution in [1.82, 2.24) is 0 Å². The molecular formula is C26H18F2INO4. The lowest BCUT2D eigenvalue weighted by Crippen LogP contribution is -2.16. The maximum atomic E-state index is 14.5. The fraction of sp³-hybridized carbons (Fsp3) is 0.0769. The second kappa shape index (κ2) is 10.2. The van der Waals surface area contributed by atoms with Crippen molar-refractivity contribution in [2.75, 3.05) is 0 Å². The molecule has 4 aromatic rings. The van der Waals surface area contributed by atoms with E-state index in [2.05, 4.69) is 0 Å². The Morgan fingerprint density at radius 1 is 1.00 bits per heavy atom. The molecule has 172 valence electrons. The van der Waals surface area contributed by atoms with E-state index in [1.807, 2.05) is 22.6 Å². The zero-order chi connectivity index (χ0) is 24.2. The predicted molar refractivity (Wildman–Crippen MR) is 130 cm³/mol. The molecular weight excluding hydrogens is 555 g/mol. The van der Waals surface area contributed by atoms with Crippen molar-refractivity contribution in [2.45, 2.75) is 12.8 Å². The van der Waals surface area contributed by atoms with Crippen LogP contribution in [0.5, 0.6) is 11.5 Å². The van der Waals surface area contributed by atoms with Crippen LogP contribution in [0.25, 0.3) is 0 Å². The number of rotatable bonds is 8. The molecule has 8 heteroatoms. The number of amides is 1. The van der Waals surface area contributed by atoms with Gasteiger partial charge >= 0.3 is 0 Å². The number of benzene rings is 3. The van der Waals surface area contributed by atoms with Crippen LogP contribution >= 0.6 is 22.6 Å². The monoisotopic (exact) mass is 573 g/mol. The first-order valence-electron chi connectivity index (χ1n) is 10.2. The topological polar surface area (TPSA) is 82.5 Å². The lowest BCUT2D eigenvalue weighted by molar-refractivity contribution is 0.0986. The Bertz CT molecular complexity index is 1370. The van der Waals surface area contributed by atoms with Crippen LogP contribution < -0.4 is 10.5 Å². The van der Waals surface area contributed by atoms with Gasteiger partial charge in [-0.05, 0) is 75.7 Å². The minimum absolute atomic E-state index is 0.0424. The Morgan fingerprint density at radius 3 is 2.53 bits per heavy atom. The largest absolute Gasteiger partial charge is 0.472 e. The van der Waals surface area contributed by atoms with Crippen molar-refractivity contribution < 1.29 is 27.5 Å². The first kappa shape index (κ1) is 23.6. The number of hydrogen-bond donors (Lipinski definition) is 1. The highest BCUT2D eigenvalue weighted by atomic mass is 127. The van der Waals surface area contributed by atoms with E-state index in [0.29, 0.717) is 20.3 Å². The molecule has 0 aliphatic heterocycles. The molecule has 0 saturated heterocycles. The van der Waals surface area contributed by atoms with Crippen LogP contribution in [0.2, 0.25) is 0 Å². The average molecular weight is 573 g/mol. The first-order valence-corrected chi connectivity index (χ1v) is 11.3. The fourth-order valence-electron chi connectivity index (χ4n) is 3.56. The van der Waals surface area contributed by atoms with Gasteiger partial charge in [-0.3, -0.25) is 9.59 Å². The molecule has 0 unspecified atom stereocenters. The summed E-state index contributed by atoms with van der Waals surface area (Å²) in [6, 6.07) is 15.1. The molecule has 4 rings (SSSR count). The summed E-state index contributed by atoms with van der Waals surface area (Å²) in [7, 11) is 0. The van der Waals surface area contributed by atoms with E-state index in [4.69, 9.17) is 14.9 Å². The minimum Gasteiger partial charge on any atom is -0.472 e. The third-order valence-electron chi connectivity index (χ3n) is 5.13. The molecule has 0 atom stereocenters. The molecule has 0 bridgehead atoms. The smallest absolute Gasteiger partial charge is 0.252 e. The van der Waals surface area contributed by atoms with E-state index in [9.17, 15) is 18.4 Å². The summed E-state index contributed by atoms with van der Waals surface area (Å²) >= 11 is 1.99. The lowest BCUT2D eigenvalue weighted by Gasteiger charge is -2.15. The van der Waals surface area contributed by atoms with Gasteiger partial charge in [0.25, 0.3) is 5.91 Å². The second-order valence-electron chi connectivity index (χ2n) is 7.58. The maximum Gasteiger partial charge on any atom is 0.252 e. The van der Waals surface area contributed by atoms with E-state index in [1.165, 1.54) is 18.6 Å². The molecule has 0 aliphatic rings. The number of primary amides is 1. The number of carbonyl (C=O) groups is 2. The molecule has 1 aromatic heterocycles. The van der Waals surface area contributed by atoms with Crippen molar-refractivity contribution in [1.29, 1.82) is 0 Å². The molecule has 0 spiro atoms. The van der Waals surface area contributed by atoms with E-state index in [1.54, 1.807) is 42.5 Å². The van der Waals surface area contributed by atoms with Crippen LogP contribution in [-0.4, -0.2) is 11.7 Å². The zero-order valence-electron chi connectivity index (χ0n) is 17.7. The summed E-state index contributed by atoms with van der Waals surface area (Å²) in [4.78, 5) is 24.6. The summed E-state index contributed by atoms with van der Waals surface area (Å²) in [6.07, 6.45) is 2.84. The SMILES string of the molecule is NC(=O)c1c(Cc2ccc(I)cc2F)cc(F)cc1Oc1cccc(CC(=O)c2ccoc2)c1. The lowest BCUT2D eigenvalue weighted by atomic mass is 9.98. The quantitative estimate of drug-likeness (QED) is 0.205. The standard InChI is InChI=1S/C26H18F2INO4/c27-19-11-18(10-16-4-5-20(29)13-22(16)28)25(26(30)32)24(12-19)34-21-3-1-2-15(8-21)9-23(31)17-6-7-33-14-17/h1-8,11-14H,9-10H2,(H2,30,32). The molecule has 5 nitrogen and oxygen atoms in total. The molecule has 0 fully saturated rings. The highest BCUT2D eigenvalue weighted by molar-refractivity contribution is 14.1. The molecule has 3 aromatic carbocycles. The Hall–Kier alpha value is -3.53. The number of hydrogen-bond acceptors (Lipinski definition) is 4. The highest BCUT2D eigenvalue weighted by Crippen LogP contribution is 2.31. The van der Waals surface area contributed by atoms with Gasteiger partial charge in [0.05, 0.1) is 17.4 Å². The molecule has 1 heterocycles. The average Bonchev–Trinajstić information content (AvgIpc) is 3.31. The third-order valence-corrected chi connectivity index (χ3v) is 5.80. The van der Waals surface area contributed by atoms with Crippen LogP contribution in [0.1, 0.15) is 37.4 Å². The van der Waals surface area contributed by atoms with Crippen molar-refractivity contribution in [3.05, 3.63) is 116 Å². The zero-order valence-corrected chi connectivity index (χ0v) is 19.8. The number of nitrogens with two attached hydrogens (primary N) is 1. The Balaban J connectivity index is 1.64. The summed E-state index contributed by atoms with van der Waals surface area (Å²) in [5.74, 6) is -1.90. The summed E-state index contributed by atoms with van der Waals surface area (Å²) in [6.45, 7) is 0. The van der Waals surface area contributed by atoms with E-state index in [-0.39, 0.29) is 41.3 Å². The van der Waals surface area contributed by atoms with Crippen LogP contribution in [0.4, 0.5) is 8.78 Å². The van der Waals surface area contributed by atoms with Crippen LogP contribution in [0, 0.1) is 15.2 Å². The Labute approximate surface area is 207 Å². The van der Waals surface area contributed by atoms with Gasteiger partial charge < -0.3 is 14.9 Å². The van der Waals surface area contributed by atoms with Gasteiger partial charge in [0.15, 0.2) is 5.78 Å². The summed E-state index contributed by atoms with van der Waals surface area (Å²) in [5, 5.41) is 0. The highest BCUT2D eigenvalue weighted by Gasteiger charge is 2.20. The fourth-order valence-corrected chi connectivity index (χ4v) is 4.02. The summed E-state index contributed by atoms with van der Waals surface area (Å²) in [5.41, 5.74) is 7.15.